The third kappa shape index (κ3) is 7.46. The first-order chi connectivity index (χ1) is 17.1. The van der Waals surface area contributed by atoms with Gasteiger partial charge in [0.1, 0.15) is 18.1 Å². The number of para-hydroxylation sites is 1. The van der Waals surface area contributed by atoms with Crippen molar-refractivity contribution in [3.8, 4) is 11.5 Å². The molecular weight excluding hydrogens is 444 g/mol. The second-order valence-corrected chi connectivity index (χ2v) is 9.44. The number of aliphatic carboxylic acids is 1. The lowest BCUT2D eigenvalue weighted by atomic mass is 9.95. The topological polar surface area (TPSA) is 79.3 Å². The van der Waals surface area contributed by atoms with Gasteiger partial charge in [0, 0.05) is 37.7 Å². The minimum Gasteiger partial charge on any atom is -0.492 e. The van der Waals surface area contributed by atoms with E-state index in [4.69, 9.17) is 14.6 Å². The Morgan fingerprint density at radius 3 is 2.77 bits per heavy atom. The van der Waals surface area contributed by atoms with Crippen LogP contribution in [0.15, 0.2) is 48.5 Å². The molecule has 1 N–H and O–H groups in total. The fraction of sp³-hybridized carbons (Fsp3) is 0.500. The molecule has 0 aromatic heterocycles. The van der Waals surface area contributed by atoms with E-state index in [1.807, 2.05) is 30.3 Å². The number of rotatable bonds is 5. The van der Waals surface area contributed by atoms with Crippen molar-refractivity contribution in [2.24, 2.45) is 0 Å². The molecule has 2 aromatic carbocycles. The van der Waals surface area contributed by atoms with Gasteiger partial charge in [0.05, 0.1) is 0 Å². The van der Waals surface area contributed by atoms with Gasteiger partial charge in [-0.15, -0.1) is 0 Å². The third-order valence-electron chi connectivity index (χ3n) is 6.87. The van der Waals surface area contributed by atoms with Crippen LogP contribution in [0.1, 0.15) is 49.7 Å². The molecule has 1 fully saturated rings. The fourth-order valence-electron chi connectivity index (χ4n) is 5.07. The van der Waals surface area contributed by atoms with Crippen molar-refractivity contribution in [3.05, 3.63) is 59.7 Å². The Labute approximate surface area is 207 Å². The lowest BCUT2D eigenvalue weighted by Crippen LogP contribution is -2.44. The first kappa shape index (κ1) is 25.0. The predicted molar refractivity (Wildman–Crippen MR) is 134 cm³/mol. The van der Waals surface area contributed by atoms with E-state index >= 15 is 0 Å². The highest BCUT2D eigenvalue weighted by atomic mass is 16.5. The molecule has 2 aliphatic heterocycles. The molecule has 0 radical (unpaired) electrons. The van der Waals surface area contributed by atoms with E-state index in [0.29, 0.717) is 37.9 Å². The molecule has 1 unspecified atom stereocenters. The molecule has 7 nitrogen and oxygen atoms in total. The summed E-state index contributed by atoms with van der Waals surface area (Å²) in [5.74, 6) is 0.713. The first-order valence-corrected chi connectivity index (χ1v) is 12.7. The minimum atomic E-state index is -1.00. The summed E-state index contributed by atoms with van der Waals surface area (Å²) >= 11 is 0. The summed E-state index contributed by atoms with van der Waals surface area (Å²) in [6.45, 7) is 3.07. The number of benzene rings is 2. The van der Waals surface area contributed by atoms with Gasteiger partial charge in [-0.3, -0.25) is 9.69 Å². The zero-order valence-corrected chi connectivity index (χ0v) is 20.4. The van der Waals surface area contributed by atoms with Crippen LogP contribution >= 0.6 is 0 Å². The van der Waals surface area contributed by atoms with Crippen molar-refractivity contribution >= 4 is 11.9 Å². The Balaban J connectivity index is 1.48. The molecule has 0 spiro atoms. The number of hydrogen-bond acceptors (Lipinski definition) is 5. The van der Waals surface area contributed by atoms with E-state index in [1.54, 1.807) is 6.07 Å². The summed E-state index contributed by atoms with van der Waals surface area (Å²) in [4.78, 5) is 28.5. The number of hydrogen-bond donors (Lipinski definition) is 1. The van der Waals surface area contributed by atoms with E-state index in [9.17, 15) is 9.59 Å². The number of ether oxygens (including phenoxy) is 2. The number of carboxylic acids is 1. The van der Waals surface area contributed by atoms with Gasteiger partial charge in [0.25, 0.3) is 0 Å². The van der Waals surface area contributed by atoms with Gasteiger partial charge in [0.15, 0.2) is 6.61 Å². The number of fused-ring (bicyclic) bond motifs is 3. The Hall–Kier alpha value is -3.06. The van der Waals surface area contributed by atoms with E-state index < -0.39 is 5.97 Å². The fourth-order valence-corrected chi connectivity index (χ4v) is 5.07. The smallest absolute Gasteiger partial charge is 0.341 e. The Kier molecular flexibility index (Phi) is 9.01. The number of carboxylic acid groups (broad SMARTS) is 1. The average molecular weight is 481 g/mol. The number of nitrogens with zero attached hydrogens (tertiary/aromatic N) is 2. The van der Waals surface area contributed by atoms with Crippen LogP contribution in [-0.4, -0.2) is 65.7 Å². The minimum absolute atomic E-state index is 0.264. The van der Waals surface area contributed by atoms with Gasteiger partial charge in [-0.05, 0) is 68.8 Å². The van der Waals surface area contributed by atoms with Crippen LogP contribution in [0.5, 0.6) is 11.5 Å². The highest BCUT2D eigenvalue weighted by molar-refractivity contribution is 5.76. The molecule has 1 atom stereocenters. The summed E-state index contributed by atoms with van der Waals surface area (Å²) in [5.41, 5.74) is 2.17. The standard InChI is InChI=1S/C28H36N2O5/c31-27-12-6-15-29(20-23-8-1-2-11-26(23)35-21-28(32)33)17-18-34-25-10-5-7-22(19-25)13-14-24-9-3-4-16-30(24)27/h1-2,5,7-8,10-11,19,24H,3-4,6,9,12-18,20-21H2,(H,32,33). The van der Waals surface area contributed by atoms with Crippen molar-refractivity contribution in [2.75, 3.05) is 32.8 Å². The molecule has 2 aromatic rings. The maximum absolute atomic E-state index is 13.1. The molecule has 2 bridgehead atoms. The number of piperidine rings is 1. The maximum Gasteiger partial charge on any atom is 0.341 e. The summed E-state index contributed by atoms with van der Waals surface area (Å²) in [7, 11) is 0. The van der Waals surface area contributed by atoms with Crippen LogP contribution < -0.4 is 9.47 Å². The van der Waals surface area contributed by atoms with Gasteiger partial charge in [-0.2, -0.15) is 0 Å². The van der Waals surface area contributed by atoms with Gasteiger partial charge >= 0.3 is 5.97 Å². The van der Waals surface area contributed by atoms with Gasteiger partial charge in [-0.1, -0.05) is 30.3 Å². The largest absolute Gasteiger partial charge is 0.492 e. The highest BCUT2D eigenvalue weighted by Gasteiger charge is 2.26. The number of amides is 1. The van der Waals surface area contributed by atoms with Crippen LogP contribution in [0.4, 0.5) is 0 Å². The molecule has 2 aliphatic rings. The summed E-state index contributed by atoms with van der Waals surface area (Å²) in [5, 5.41) is 9.00. The van der Waals surface area contributed by atoms with Crippen molar-refractivity contribution in [1.29, 1.82) is 0 Å². The van der Waals surface area contributed by atoms with Crippen LogP contribution in [0.3, 0.4) is 0 Å². The zero-order valence-electron chi connectivity index (χ0n) is 20.4. The maximum atomic E-state index is 13.1. The molecule has 0 saturated carbocycles. The lowest BCUT2D eigenvalue weighted by molar-refractivity contribution is -0.139. The average Bonchev–Trinajstić information content (AvgIpc) is 2.87. The molecule has 4 rings (SSSR count). The van der Waals surface area contributed by atoms with Gasteiger partial charge in [-0.25, -0.2) is 4.79 Å². The van der Waals surface area contributed by atoms with E-state index in [-0.39, 0.29) is 12.5 Å². The van der Waals surface area contributed by atoms with Crippen molar-refractivity contribution in [3.63, 3.8) is 0 Å². The molecular formula is C28H36N2O5. The van der Waals surface area contributed by atoms with Gasteiger partial charge < -0.3 is 19.5 Å². The summed E-state index contributed by atoms with van der Waals surface area (Å²) in [6, 6.07) is 16.1. The van der Waals surface area contributed by atoms with Crippen molar-refractivity contribution < 1.29 is 24.2 Å². The number of carbonyl (C=O) groups excluding carboxylic acids is 1. The number of aryl methyl sites for hydroxylation is 1. The van der Waals surface area contributed by atoms with E-state index in [0.717, 1.165) is 56.5 Å². The Bertz CT molecular complexity index is 995. The Morgan fingerprint density at radius 2 is 1.89 bits per heavy atom. The molecule has 7 heteroatoms. The molecule has 1 amide bonds. The number of carbonyl (C=O) groups is 2. The molecule has 2 heterocycles. The van der Waals surface area contributed by atoms with Crippen molar-refractivity contribution in [2.45, 2.75) is 57.5 Å². The van der Waals surface area contributed by atoms with Crippen LogP contribution in [0.25, 0.3) is 0 Å². The molecule has 35 heavy (non-hydrogen) atoms. The van der Waals surface area contributed by atoms with Crippen molar-refractivity contribution in [1.82, 2.24) is 9.80 Å². The third-order valence-corrected chi connectivity index (χ3v) is 6.87. The van der Waals surface area contributed by atoms with E-state index in [2.05, 4.69) is 21.9 Å². The first-order valence-electron chi connectivity index (χ1n) is 12.7. The monoisotopic (exact) mass is 480 g/mol. The quantitative estimate of drug-likeness (QED) is 0.693. The zero-order chi connectivity index (χ0) is 24.5. The van der Waals surface area contributed by atoms with E-state index in [1.165, 1.54) is 12.0 Å². The second-order valence-electron chi connectivity index (χ2n) is 9.44. The van der Waals surface area contributed by atoms with Crippen LogP contribution in [-0.2, 0) is 22.6 Å². The highest BCUT2D eigenvalue weighted by Crippen LogP contribution is 2.25. The lowest BCUT2D eigenvalue weighted by Gasteiger charge is -2.36. The van der Waals surface area contributed by atoms with Crippen LogP contribution in [0.2, 0.25) is 0 Å². The van der Waals surface area contributed by atoms with Crippen LogP contribution in [0, 0.1) is 0 Å². The summed E-state index contributed by atoms with van der Waals surface area (Å²) < 4.78 is 11.6. The summed E-state index contributed by atoms with van der Waals surface area (Å²) in [6.07, 6.45) is 6.62. The SMILES string of the molecule is O=C(O)COc1ccccc1CN1CCCC(=O)N2CCCCC2CCc2cccc(c2)OCC1. The predicted octanol–water partition coefficient (Wildman–Crippen LogP) is 4.14. The molecule has 0 aliphatic carbocycles. The van der Waals surface area contributed by atoms with Gasteiger partial charge in [0.2, 0.25) is 5.91 Å². The molecule has 1 saturated heterocycles. The molecule has 188 valence electrons. The Morgan fingerprint density at radius 1 is 1.00 bits per heavy atom. The normalized spacial score (nSPS) is 20.2. The second kappa shape index (κ2) is 12.6.